The van der Waals surface area contributed by atoms with E-state index in [4.69, 9.17) is 4.84 Å². The molecule has 0 fully saturated rings. The smallest absolute Gasteiger partial charge is 0.264 e. The quantitative estimate of drug-likeness (QED) is 0.696. The second-order valence-electron chi connectivity index (χ2n) is 5.55. The van der Waals surface area contributed by atoms with Crippen LogP contribution in [0, 0.1) is 0 Å². The van der Waals surface area contributed by atoms with Crippen LogP contribution in [0.1, 0.15) is 12.5 Å². The Kier molecular flexibility index (Phi) is 7.22. The summed E-state index contributed by atoms with van der Waals surface area (Å²) in [5, 5.41) is 2.56. The van der Waals surface area contributed by atoms with Gasteiger partial charge in [0.15, 0.2) is 0 Å². The van der Waals surface area contributed by atoms with Crippen molar-refractivity contribution in [2.75, 3.05) is 19.5 Å². The van der Waals surface area contributed by atoms with Crippen LogP contribution in [0.15, 0.2) is 59.5 Å². The third-order valence-corrected chi connectivity index (χ3v) is 6.64. The lowest BCUT2D eigenvalue weighted by atomic mass is 10.2. The maximum absolute atomic E-state index is 12.3. The first-order valence-electron chi connectivity index (χ1n) is 7.94. The van der Waals surface area contributed by atoms with Crippen molar-refractivity contribution in [1.82, 2.24) is 4.47 Å². The summed E-state index contributed by atoms with van der Waals surface area (Å²) in [5.41, 5.74) is 1.70. The number of thioether (sulfide) groups is 1. The molecule has 140 valence electrons. The Labute approximate surface area is 158 Å². The molecule has 26 heavy (non-hydrogen) atoms. The molecule has 0 radical (unpaired) electrons. The third-order valence-electron chi connectivity index (χ3n) is 3.73. The number of benzene rings is 2. The number of hydrogen-bond acceptors (Lipinski definition) is 5. The molecule has 0 aliphatic heterocycles. The average Bonchev–Trinajstić information content (AvgIpc) is 2.66. The van der Waals surface area contributed by atoms with Gasteiger partial charge in [-0.2, -0.15) is 0 Å². The molecule has 0 saturated heterocycles. The van der Waals surface area contributed by atoms with Gasteiger partial charge in [0.1, 0.15) is 0 Å². The number of carbonyl (C=O) groups excluding carboxylic acids is 1. The van der Waals surface area contributed by atoms with Crippen molar-refractivity contribution < 1.29 is 18.0 Å². The van der Waals surface area contributed by atoms with Crippen molar-refractivity contribution in [3.05, 3.63) is 60.2 Å². The summed E-state index contributed by atoms with van der Waals surface area (Å²) >= 11 is 1.54. The Morgan fingerprint density at radius 2 is 1.77 bits per heavy atom. The zero-order chi connectivity index (χ0) is 19.2. The summed E-state index contributed by atoms with van der Waals surface area (Å²) in [6, 6.07) is 15.9. The Hall–Kier alpha value is -1.87. The zero-order valence-electron chi connectivity index (χ0n) is 14.9. The van der Waals surface area contributed by atoms with Crippen molar-refractivity contribution >= 4 is 33.4 Å². The monoisotopic (exact) mass is 394 g/mol. The van der Waals surface area contributed by atoms with Gasteiger partial charge in [-0.1, -0.05) is 34.8 Å². The first kappa shape index (κ1) is 20.4. The van der Waals surface area contributed by atoms with Gasteiger partial charge >= 0.3 is 0 Å². The van der Waals surface area contributed by atoms with Crippen molar-refractivity contribution in [1.29, 1.82) is 0 Å². The van der Waals surface area contributed by atoms with Gasteiger partial charge in [0.05, 0.1) is 17.3 Å². The van der Waals surface area contributed by atoms with Crippen LogP contribution >= 0.6 is 11.8 Å². The van der Waals surface area contributed by atoms with E-state index >= 15 is 0 Å². The minimum absolute atomic E-state index is 0.0892. The number of hydroxylamine groups is 1. The van der Waals surface area contributed by atoms with Crippen LogP contribution in [0.25, 0.3) is 0 Å². The summed E-state index contributed by atoms with van der Waals surface area (Å²) in [6.45, 7) is 1.84. The molecule has 1 N–H and O–H groups in total. The number of anilines is 1. The van der Waals surface area contributed by atoms with Gasteiger partial charge in [-0.15, -0.1) is 11.8 Å². The molecule has 2 aromatic rings. The van der Waals surface area contributed by atoms with Gasteiger partial charge in [-0.3, -0.25) is 9.63 Å². The molecule has 0 aromatic heterocycles. The molecule has 0 bridgehead atoms. The number of hydrogen-bond donors (Lipinski definition) is 1. The van der Waals surface area contributed by atoms with Gasteiger partial charge in [-0.25, -0.2) is 8.42 Å². The second-order valence-corrected chi connectivity index (χ2v) is 8.81. The summed E-state index contributed by atoms with van der Waals surface area (Å²) in [5.74, 6) is 0.617. The number of rotatable bonds is 8. The van der Waals surface area contributed by atoms with Crippen LogP contribution in [0.3, 0.4) is 0 Å². The largest absolute Gasteiger partial charge is 0.325 e. The summed E-state index contributed by atoms with van der Waals surface area (Å²) in [4.78, 5) is 17.1. The number of amides is 1. The molecule has 8 heteroatoms. The van der Waals surface area contributed by atoms with Crippen LogP contribution in [-0.4, -0.2) is 38.2 Å². The molecule has 0 saturated carbocycles. The van der Waals surface area contributed by atoms with Crippen molar-refractivity contribution in [2.45, 2.75) is 22.8 Å². The number of sulfonamides is 1. The first-order chi connectivity index (χ1) is 12.3. The van der Waals surface area contributed by atoms with Crippen molar-refractivity contribution in [3.8, 4) is 0 Å². The van der Waals surface area contributed by atoms with E-state index in [1.807, 2.05) is 37.3 Å². The van der Waals surface area contributed by atoms with Crippen LogP contribution in [0.5, 0.6) is 0 Å². The Morgan fingerprint density at radius 1 is 1.15 bits per heavy atom. The molecular formula is C18H22N2O4S2. The summed E-state index contributed by atoms with van der Waals surface area (Å²) < 4.78 is 25.1. The molecule has 0 aliphatic carbocycles. The predicted molar refractivity (Wildman–Crippen MR) is 104 cm³/mol. The SMILES string of the molecule is CON(C)S(=O)(=O)c1ccc(NC(=O)C(C)SCc2ccccc2)cc1. The van der Waals surface area contributed by atoms with E-state index in [1.165, 1.54) is 26.3 Å². The van der Waals surface area contributed by atoms with E-state index in [0.717, 1.165) is 15.8 Å². The van der Waals surface area contributed by atoms with E-state index in [-0.39, 0.29) is 16.1 Å². The van der Waals surface area contributed by atoms with Gasteiger partial charge in [-0.05, 0) is 36.8 Å². The Morgan fingerprint density at radius 3 is 2.35 bits per heavy atom. The molecule has 0 spiro atoms. The standard InChI is InChI=1S/C18H22N2O4S2/c1-14(25-13-15-7-5-4-6-8-15)18(21)19-16-9-11-17(12-10-16)26(22,23)20(2)24-3/h4-12,14H,13H2,1-3H3,(H,19,21). The highest BCUT2D eigenvalue weighted by atomic mass is 32.2. The number of nitrogens with zero attached hydrogens (tertiary/aromatic N) is 1. The third kappa shape index (κ3) is 5.31. The minimum atomic E-state index is -3.70. The Bertz CT molecular complexity index is 824. The van der Waals surface area contributed by atoms with Crippen LogP contribution < -0.4 is 5.32 Å². The highest BCUT2D eigenvalue weighted by Gasteiger charge is 2.21. The van der Waals surface area contributed by atoms with Crippen molar-refractivity contribution in [3.63, 3.8) is 0 Å². The molecule has 0 heterocycles. The maximum atomic E-state index is 12.3. The lowest BCUT2D eigenvalue weighted by Crippen LogP contribution is -2.26. The molecule has 1 unspecified atom stereocenters. The topological polar surface area (TPSA) is 75.7 Å². The van der Waals surface area contributed by atoms with Crippen LogP contribution in [0.2, 0.25) is 0 Å². The fourth-order valence-corrected chi connectivity index (χ4v) is 3.89. The lowest BCUT2D eigenvalue weighted by molar-refractivity contribution is -0.115. The van der Waals surface area contributed by atoms with E-state index in [9.17, 15) is 13.2 Å². The first-order valence-corrected chi connectivity index (χ1v) is 10.4. The highest BCUT2D eigenvalue weighted by molar-refractivity contribution is 7.99. The molecular weight excluding hydrogens is 372 g/mol. The molecule has 1 amide bonds. The molecule has 1 atom stereocenters. The summed E-state index contributed by atoms with van der Waals surface area (Å²) in [7, 11) is -1.10. The van der Waals surface area contributed by atoms with Crippen molar-refractivity contribution in [2.24, 2.45) is 0 Å². The van der Waals surface area contributed by atoms with E-state index < -0.39 is 10.0 Å². The highest BCUT2D eigenvalue weighted by Crippen LogP contribution is 2.21. The van der Waals surface area contributed by atoms with Crippen LogP contribution in [0.4, 0.5) is 5.69 Å². The molecule has 2 aromatic carbocycles. The normalized spacial score (nSPS) is 12.8. The van der Waals surface area contributed by atoms with Gasteiger partial charge in [0, 0.05) is 18.5 Å². The maximum Gasteiger partial charge on any atom is 0.264 e. The molecule has 2 rings (SSSR count). The average molecular weight is 395 g/mol. The molecule has 6 nitrogen and oxygen atoms in total. The lowest BCUT2D eigenvalue weighted by Gasteiger charge is -2.15. The minimum Gasteiger partial charge on any atom is -0.325 e. The zero-order valence-corrected chi connectivity index (χ0v) is 16.5. The number of nitrogens with one attached hydrogen (secondary N) is 1. The Balaban J connectivity index is 1.94. The predicted octanol–water partition coefficient (Wildman–Crippen LogP) is 3.13. The fourth-order valence-electron chi connectivity index (χ4n) is 2.07. The molecule has 0 aliphatic rings. The van der Waals surface area contributed by atoms with Gasteiger partial charge in [0.25, 0.3) is 10.0 Å². The second kappa shape index (κ2) is 9.18. The van der Waals surface area contributed by atoms with Gasteiger partial charge in [0.2, 0.25) is 5.91 Å². The van der Waals surface area contributed by atoms with E-state index in [2.05, 4.69) is 5.32 Å². The number of carbonyl (C=O) groups is 1. The van der Waals surface area contributed by atoms with E-state index in [1.54, 1.807) is 23.9 Å². The summed E-state index contributed by atoms with van der Waals surface area (Å²) in [6.07, 6.45) is 0. The van der Waals surface area contributed by atoms with Gasteiger partial charge < -0.3 is 5.32 Å². The van der Waals surface area contributed by atoms with E-state index in [0.29, 0.717) is 5.69 Å². The fraction of sp³-hybridized carbons (Fsp3) is 0.278. The van der Waals surface area contributed by atoms with Crippen LogP contribution in [-0.2, 0) is 25.4 Å².